The van der Waals surface area contributed by atoms with Crippen LogP contribution in [0, 0.1) is 0 Å². The fraction of sp³-hybridized carbons (Fsp3) is 0.143. The van der Waals surface area contributed by atoms with Crippen molar-refractivity contribution in [1.82, 2.24) is 10.3 Å². The van der Waals surface area contributed by atoms with Crippen molar-refractivity contribution in [2.24, 2.45) is 5.10 Å². The molecular weight excluding hydrogens is 178 g/mol. The van der Waals surface area contributed by atoms with Gasteiger partial charge in [0, 0.05) is 0 Å². The Morgan fingerprint density at radius 2 is 2.50 bits per heavy atom. The van der Waals surface area contributed by atoms with Crippen molar-refractivity contribution in [3.8, 4) is 0 Å². The predicted molar refractivity (Wildman–Crippen MR) is 45.4 cm³/mol. The Bertz CT molecular complexity index is 319. The summed E-state index contributed by atoms with van der Waals surface area (Å²) in [5.41, 5.74) is 2.37. The molecule has 5 heteroatoms. The summed E-state index contributed by atoms with van der Waals surface area (Å²) in [6.07, 6.45) is 5.29. The van der Waals surface area contributed by atoms with Gasteiger partial charge in [0.05, 0.1) is 0 Å². The number of carbonyl (C=O) groups excluding carboxylic acids is 1. The van der Waals surface area contributed by atoms with E-state index in [9.17, 15) is 4.79 Å². The second-order valence-electron chi connectivity index (χ2n) is 2.44. The highest BCUT2D eigenvalue weighted by Crippen LogP contribution is 2.16. The molecule has 0 saturated heterocycles. The molecule has 0 unspecified atom stereocenters. The van der Waals surface area contributed by atoms with Gasteiger partial charge in [0.2, 0.25) is 0 Å². The first-order valence-corrected chi connectivity index (χ1v) is 3.83. The quantitative estimate of drug-likeness (QED) is 0.552. The number of carbonyl (C=O) groups is 1. The van der Waals surface area contributed by atoms with Crippen molar-refractivity contribution in [2.45, 2.75) is 0 Å². The summed E-state index contributed by atoms with van der Waals surface area (Å²) in [6, 6.07) is 0. The number of nitrogens with one attached hydrogen (secondary N) is 1. The van der Waals surface area contributed by atoms with E-state index in [0.717, 1.165) is 0 Å². The maximum Gasteiger partial charge on any atom is 0.260 e. The van der Waals surface area contributed by atoms with E-state index >= 15 is 0 Å². The Balaban J connectivity index is 2.35. The third kappa shape index (κ3) is 1.10. The van der Waals surface area contributed by atoms with Gasteiger partial charge in [-0.1, -0.05) is 17.7 Å². The molecule has 12 heavy (non-hydrogen) atoms. The number of nitrogens with zero attached hydrogens (tertiary/aromatic N) is 2. The average molecular weight is 184 g/mol. The molecule has 2 heterocycles. The first-order chi connectivity index (χ1) is 5.77. The fourth-order valence-corrected chi connectivity index (χ4v) is 1.27. The number of rotatable bonds is 0. The lowest BCUT2D eigenvalue weighted by Crippen LogP contribution is -2.43. The number of hydrazone groups is 1. The fourth-order valence-electron chi connectivity index (χ4n) is 1.06. The van der Waals surface area contributed by atoms with E-state index in [4.69, 9.17) is 11.6 Å². The lowest BCUT2D eigenvalue weighted by Gasteiger charge is -2.27. The molecule has 62 valence electrons. The smallest absolute Gasteiger partial charge is 0.260 e. The van der Waals surface area contributed by atoms with E-state index < -0.39 is 0 Å². The molecule has 2 rings (SSSR count). The van der Waals surface area contributed by atoms with Gasteiger partial charge in [0.25, 0.3) is 5.91 Å². The van der Waals surface area contributed by atoms with Crippen LogP contribution in [0.1, 0.15) is 0 Å². The Labute approximate surface area is 74.2 Å². The molecular formula is C7H6ClN3O. The van der Waals surface area contributed by atoms with Crippen molar-refractivity contribution in [3.63, 3.8) is 0 Å². The van der Waals surface area contributed by atoms with Crippen LogP contribution in [0.4, 0.5) is 0 Å². The van der Waals surface area contributed by atoms with Crippen LogP contribution in [-0.2, 0) is 4.79 Å². The van der Waals surface area contributed by atoms with E-state index in [1.54, 1.807) is 23.1 Å². The van der Waals surface area contributed by atoms with Gasteiger partial charge in [0.15, 0.2) is 5.84 Å². The normalized spacial score (nSPS) is 21.1. The SMILES string of the molecule is O=C1CN2C(Cl)=CC=CC2=NN1. The molecule has 2 aliphatic heterocycles. The van der Waals surface area contributed by atoms with Crippen molar-refractivity contribution in [3.05, 3.63) is 23.4 Å². The monoisotopic (exact) mass is 183 g/mol. The summed E-state index contributed by atoms with van der Waals surface area (Å²) in [5, 5.41) is 4.33. The first kappa shape index (κ1) is 7.36. The van der Waals surface area contributed by atoms with Gasteiger partial charge < -0.3 is 4.90 Å². The Morgan fingerprint density at radius 1 is 1.67 bits per heavy atom. The van der Waals surface area contributed by atoms with Crippen LogP contribution in [0.2, 0.25) is 0 Å². The summed E-state index contributed by atoms with van der Waals surface area (Å²) in [6.45, 7) is 0.235. The van der Waals surface area contributed by atoms with Gasteiger partial charge in [-0.05, 0) is 12.2 Å². The summed E-state index contributed by atoms with van der Waals surface area (Å²) in [5.74, 6) is 0.516. The zero-order chi connectivity index (χ0) is 8.55. The maximum absolute atomic E-state index is 10.9. The molecule has 0 radical (unpaired) electrons. The number of hydrogen-bond donors (Lipinski definition) is 1. The van der Waals surface area contributed by atoms with Gasteiger partial charge in [-0.3, -0.25) is 4.79 Å². The Morgan fingerprint density at radius 3 is 3.33 bits per heavy atom. The second-order valence-corrected chi connectivity index (χ2v) is 2.83. The molecule has 0 spiro atoms. The van der Waals surface area contributed by atoms with E-state index in [0.29, 0.717) is 11.0 Å². The van der Waals surface area contributed by atoms with E-state index in [1.165, 1.54) is 0 Å². The average Bonchev–Trinajstić information content (AvgIpc) is 2.07. The second kappa shape index (κ2) is 2.64. The molecule has 0 saturated carbocycles. The predicted octanol–water partition coefficient (Wildman–Crippen LogP) is 0.382. The van der Waals surface area contributed by atoms with Crippen molar-refractivity contribution >= 4 is 23.3 Å². The summed E-state index contributed by atoms with van der Waals surface area (Å²) in [7, 11) is 0. The highest BCUT2D eigenvalue weighted by molar-refractivity contribution is 6.31. The standard InChI is InChI=1S/C7H6ClN3O/c8-5-2-1-3-6-9-10-7(12)4-11(5)6/h1-3H,4H2,(H,10,12). The van der Waals surface area contributed by atoms with Crippen LogP contribution in [0.5, 0.6) is 0 Å². The highest BCUT2D eigenvalue weighted by atomic mass is 35.5. The molecule has 0 aromatic heterocycles. The van der Waals surface area contributed by atoms with Crippen LogP contribution in [0.15, 0.2) is 28.5 Å². The van der Waals surface area contributed by atoms with Gasteiger partial charge >= 0.3 is 0 Å². The molecule has 0 bridgehead atoms. The largest absolute Gasteiger partial charge is 0.306 e. The van der Waals surface area contributed by atoms with E-state index in [-0.39, 0.29) is 12.5 Å². The van der Waals surface area contributed by atoms with E-state index in [1.807, 2.05) is 0 Å². The number of fused-ring (bicyclic) bond motifs is 1. The minimum absolute atomic E-state index is 0.152. The molecule has 2 aliphatic rings. The molecule has 4 nitrogen and oxygen atoms in total. The summed E-state index contributed by atoms with van der Waals surface area (Å²) in [4.78, 5) is 12.5. The first-order valence-electron chi connectivity index (χ1n) is 3.45. The third-order valence-electron chi connectivity index (χ3n) is 1.61. The van der Waals surface area contributed by atoms with Crippen molar-refractivity contribution in [2.75, 3.05) is 6.54 Å². The molecule has 0 aliphatic carbocycles. The maximum atomic E-state index is 10.9. The molecule has 0 fully saturated rings. The molecule has 0 aromatic rings. The molecule has 1 amide bonds. The van der Waals surface area contributed by atoms with Crippen LogP contribution in [0.25, 0.3) is 0 Å². The van der Waals surface area contributed by atoms with Crippen LogP contribution >= 0.6 is 11.6 Å². The van der Waals surface area contributed by atoms with Gasteiger partial charge in [-0.15, -0.1) is 0 Å². The van der Waals surface area contributed by atoms with Crippen LogP contribution < -0.4 is 5.43 Å². The lowest BCUT2D eigenvalue weighted by atomic mass is 10.3. The summed E-state index contributed by atoms with van der Waals surface area (Å²) < 4.78 is 0. The van der Waals surface area contributed by atoms with Gasteiger partial charge in [0.1, 0.15) is 11.7 Å². The van der Waals surface area contributed by atoms with Crippen LogP contribution in [-0.4, -0.2) is 23.2 Å². The number of halogens is 1. The van der Waals surface area contributed by atoms with Crippen LogP contribution in [0.3, 0.4) is 0 Å². The van der Waals surface area contributed by atoms with Gasteiger partial charge in [-0.2, -0.15) is 5.10 Å². The summed E-state index contributed by atoms with van der Waals surface area (Å²) >= 11 is 5.83. The number of amidine groups is 1. The van der Waals surface area contributed by atoms with Gasteiger partial charge in [-0.25, -0.2) is 5.43 Å². The lowest BCUT2D eigenvalue weighted by molar-refractivity contribution is -0.121. The number of amides is 1. The van der Waals surface area contributed by atoms with Crippen molar-refractivity contribution in [1.29, 1.82) is 0 Å². The number of allylic oxidation sites excluding steroid dienone is 2. The minimum atomic E-state index is -0.152. The Kier molecular flexibility index (Phi) is 1.62. The Hall–Kier alpha value is -1.29. The third-order valence-corrected chi connectivity index (χ3v) is 1.94. The highest BCUT2D eigenvalue weighted by Gasteiger charge is 2.22. The zero-order valence-electron chi connectivity index (χ0n) is 6.12. The topological polar surface area (TPSA) is 44.7 Å². The van der Waals surface area contributed by atoms with Crippen molar-refractivity contribution < 1.29 is 4.79 Å². The van der Waals surface area contributed by atoms with E-state index in [2.05, 4.69) is 10.5 Å². The molecule has 1 N–H and O–H groups in total. The molecule has 0 aromatic carbocycles. The molecule has 0 atom stereocenters. The number of hydrogen-bond acceptors (Lipinski definition) is 3. The minimum Gasteiger partial charge on any atom is -0.306 e. The zero-order valence-corrected chi connectivity index (χ0v) is 6.88.